The first kappa shape index (κ1) is 19.7. The van der Waals surface area contributed by atoms with E-state index in [1.54, 1.807) is 35.2 Å². The molecule has 2 aromatic carbocycles. The number of carbonyl (C=O) groups excluding carboxylic acids is 1. The van der Waals surface area contributed by atoms with Gasteiger partial charge in [-0.05, 0) is 43.9 Å². The van der Waals surface area contributed by atoms with Crippen molar-refractivity contribution in [2.75, 3.05) is 41.4 Å². The number of nitrogens with zero attached hydrogens (tertiary/aromatic N) is 2. The Morgan fingerprint density at radius 1 is 1.00 bits per heavy atom. The number of halogens is 1. The van der Waals surface area contributed by atoms with Crippen LogP contribution in [-0.2, 0) is 6.54 Å². The fourth-order valence-corrected chi connectivity index (χ4v) is 2.61. The molecule has 0 aliphatic heterocycles. The van der Waals surface area contributed by atoms with E-state index >= 15 is 0 Å². The van der Waals surface area contributed by atoms with Crippen molar-refractivity contribution in [3.05, 3.63) is 59.4 Å². The minimum absolute atomic E-state index is 0.160. The Morgan fingerprint density at radius 3 is 2.27 bits per heavy atom. The van der Waals surface area contributed by atoms with Crippen molar-refractivity contribution in [3.63, 3.8) is 0 Å². The van der Waals surface area contributed by atoms with E-state index in [-0.39, 0.29) is 11.7 Å². The minimum Gasteiger partial charge on any atom is -0.493 e. The van der Waals surface area contributed by atoms with E-state index in [1.165, 1.54) is 26.4 Å². The molecule has 5 nitrogen and oxygen atoms in total. The van der Waals surface area contributed by atoms with Crippen LogP contribution in [0.4, 0.5) is 4.39 Å². The first-order chi connectivity index (χ1) is 12.5. The summed E-state index contributed by atoms with van der Waals surface area (Å²) in [6, 6.07) is 11.4. The molecule has 0 fully saturated rings. The van der Waals surface area contributed by atoms with Crippen LogP contribution in [0, 0.1) is 5.82 Å². The number of likely N-dealkylation sites (N-methyl/N-ethyl adjacent to an activating group) is 1. The summed E-state index contributed by atoms with van der Waals surface area (Å²) in [7, 11) is 6.95. The average molecular weight is 360 g/mol. The van der Waals surface area contributed by atoms with Gasteiger partial charge < -0.3 is 19.3 Å². The third-order valence-electron chi connectivity index (χ3n) is 4.02. The van der Waals surface area contributed by atoms with Gasteiger partial charge in [0.2, 0.25) is 0 Å². The molecular weight excluding hydrogens is 335 g/mol. The molecule has 0 aliphatic rings. The number of amides is 1. The molecule has 0 radical (unpaired) electrons. The number of hydrogen-bond donors (Lipinski definition) is 0. The summed E-state index contributed by atoms with van der Waals surface area (Å²) in [6.07, 6.45) is 0. The normalized spacial score (nSPS) is 10.7. The monoisotopic (exact) mass is 360 g/mol. The predicted octanol–water partition coefficient (Wildman–Crippen LogP) is 3.05. The Balaban J connectivity index is 2.31. The molecule has 0 bridgehead atoms. The Hall–Kier alpha value is -2.60. The zero-order valence-corrected chi connectivity index (χ0v) is 15.7. The molecule has 0 saturated heterocycles. The highest BCUT2D eigenvalue weighted by molar-refractivity contribution is 5.97. The van der Waals surface area contributed by atoms with Gasteiger partial charge in [0.1, 0.15) is 5.82 Å². The van der Waals surface area contributed by atoms with Crippen LogP contribution in [0.2, 0.25) is 0 Å². The molecule has 0 saturated carbocycles. The third-order valence-corrected chi connectivity index (χ3v) is 4.02. The Morgan fingerprint density at radius 2 is 1.69 bits per heavy atom. The summed E-state index contributed by atoms with van der Waals surface area (Å²) >= 11 is 0. The van der Waals surface area contributed by atoms with Gasteiger partial charge in [-0.15, -0.1) is 0 Å². The molecule has 1 amide bonds. The van der Waals surface area contributed by atoms with Gasteiger partial charge in [0.25, 0.3) is 5.91 Å². The number of rotatable bonds is 8. The van der Waals surface area contributed by atoms with Crippen molar-refractivity contribution in [1.29, 1.82) is 0 Å². The van der Waals surface area contributed by atoms with E-state index in [0.29, 0.717) is 36.7 Å². The smallest absolute Gasteiger partial charge is 0.258 e. The number of benzene rings is 2. The maximum atomic E-state index is 13.2. The lowest BCUT2D eigenvalue weighted by molar-refractivity contribution is 0.0728. The molecule has 2 aromatic rings. The van der Waals surface area contributed by atoms with Crippen LogP contribution in [-0.4, -0.2) is 57.1 Å². The first-order valence-electron chi connectivity index (χ1n) is 8.35. The molecule has 0 spiro atoms. The molecule has 2 rings (SSSR count). The first-order valence-corrected chi connectivity index (χ1v) is 8.35. The largest absolute Gasteiger partial charge is 0.493 e. The fourth-order valence-electron chi connectivity index (χ4n) is 2.61. The standard InChI is InChI=1S/C20H25FN2O3/c1-22(2)12-13-23(14-15-8-10-16(21)11-9-15)20(24)17-6-5-7-18(25-3)19(17)26-4/h5-11H,12-14H2,1-4H3. The number of ether oxygens (including phenoxy) is 2. The molecular formula is C20H25FN2O3. The fraction of sp³-hybridized carbons (Fsp3) is 0.350. The number of carbonyl (C=O) groups is 1. The zero-order valence-electron chi connectivity index (χ0n) is 15.7. The van der Waals surface area contributed by atoms with Gasteiger partial charge >= 0.3 is 0 Å². The Bertz CT molecular complexity index is 732. The van der Waals surface area contributed by atoms with Gasteiger partial charge in [0.05, 0.1) is 19.8 Å². The van der Waals surface area contributed by atoms with Gasteiger partial charge in [-0.2, -0.15) is 0 Å². The summed E-state index contributed by atoms with van der Waals surface area (Å²) in [5.41, 5.74) is 1.30. The highest BCUT2D eigenvalue weighted by atomic mass is 19.1. The highest BCUT2D eigenvalue weighted by Crippen LogP contribution is 2.31. The second-order valence-electron chi connectivity index (χ2n) is 6.20. The SMILES string of the molecule is COc1cccc(C(=O)N(CCN(C)C)Cc2ccc(F)cc2)c1OC. The quantitative estimate of drug-likeness (QED) is 0.726. The molecule has 0 heterocycles. The van der Waals surface area contributed by atoms with Gasteiger partial charge in [-0.3, -0.25) is 4.79 Å². The maximum Gasteiger partial charge on any atom is 0.258 e. The summed E-state index contributed by atoms with van der Waals surface area (Å²) in [6.45, 7) is 1.62. The van der Waals surface area contributed by atoms with E-state index < -0.39 is 0 Å². The number of para-hydroxylation sites is 1. The van der Waals surface area contributed by atoms with Gasteiger partial charge in [-0.25, -0.2) is 4.39 Å². The van der Waals surface area contributed by atoms with E-state index in [9.17, 15) is 9.18 Å². The van der Waals surface area contributed by atoms with Crippen LogP contribution in [0.5, 0.6) is 11.5 Å². The molecule has 0 unspecified atom stereocenters. The molecule has 0 N–H and O–H groups in total. The molecule has 140 valence electrons. The highest BCUT2D eigenvalue weighted by Gasteiger charge is 2.22. The lowest BCUT2D eigenvalue weighted by Crippen LogP contribution is -2.36. The Labute approximate surface area is 153 Å². The molecule has 26 heavy (non-hydrogen) atoms. The minimum atomic E-state index is -0.297. The summed E-state index contributed by atoms with van der Waals surface area (Å²) in [4.78, 5) is 16.9. The average Bonchev–Trinajstić information content (AvgIpc) is 2.65. The van der Waals surface area contributed by atoms with Crippen molar-refractivity contribution in [3.8, 4) is 11.5 Å². The van der Waals surface area contributed by atoms with Crippen LogP contribution in [0.25, 0.3) is 0 Å². The second-order valence-corrected chi connectivity index (χ2v) is 6.20. The van der Waals surface area contributed by atoms with Crippen LogP contribution in [0.3, 0.4) is 0 Å². The molecule has 0 atom stereocenters. The third kappa shape index (κ3) is 4.95. The van der Waals surface area contributed by atoms with E-state index in [1.807, 2.05) is 19.0 Å². The lowest BCUT2D eigenvalue weighted by Gasteiger charge is -2.25. The number of methoxy groups -OCH3 is 2. The van der Waals surface area contributed by atoms with Gasteiger partial charge in [-0.1, -0.05) is 18.2 Å². The van der Waals surface area contributed by atoms with Crippen LogP contribution >= 0.6 is 0 Å². The van der Waals surface area contributed by atoms with Crippen LogP contribution < -0.4 is 9.47 Å². The summed E-state index contributed by atoms with van der Waals surface area (Å²) < 4.78 is 23.9. The summed E-state index contributed by atoms with van der Waals surface area (Å²) in [5.74, 6) is 0.461. The molecule has 0 aromatic heterocycles. The van der Waals surface area contributed by atoms with Gasteiger partial charge in [0.15, 0.2) is 11.5 Å². The van der Waals surface area contributed by atoms with Crippen molar-refractivity contribution in [2.45, 2.75) is 6.54 Å². The van der Waals surface area contributed by atoms with Crippen molar-refractivity contribution in [1.82, 2.24) is 9.80 Å². The van der Waals surface area contributed by atoms with Crippen LogP contribution in [0.1, 0.15) is 15.9 Å². The van der Waals surface area contributed by atoms with Crippen molar-refractivity contribution < 1.29 is 18.7 Å². The van der Waals surface area contributed by atoms with Gasteiger partial charge in [0, 0.05) is 19.6 Å². The van der Waals surface area contributed by atoms with E-state index in [4.69, 9.17) is 9.47 Å². The topological polar surface area (TPSA) is 42.0 Å². The van der Waals surface area contributed by atoms with Crippen molar-refractivity contribution in [2.24, 2.45) is 0 Å². The molecule has 0 aliphatic carbocycles. The van der Waals surface area contributed by atoms with E-state index in [2.05, 4.69) is 0 Å². The van der Waals surface area contributed by atoms with E-state index in [0.717, 1.165) is 5.56 Å². The predicted molar refractivity (Wildman–Crippen MR) is 99.2 cm³/mol. The number of hydrogen-bond acceptors (Lipinski definition) is 4. The summed E-state index contributed by atoms with van der Waals surface area (Å²) in [5, 5.41) is 0. The zero-order chi connectivity index (χ0) is 19.1. The molecule has 6 heteroatoms. The van der Waals surface area contributed by atoms with Crippen molar-refractivity contribution >= 4 is 5.91 Å². The Kier molecular flexibility index (Phi) is 6.97. The lowest BCUT2D eigenvalue weighted by atomic mass is 10.1. The second kappa shape index (κ2) is 9.20. The van der Waals surface area contributed by atoms with Crippen LogP contribution in [0.15, 0.2) is 42.5 Å². The maximum absolute atomic E-state index is 13.2.